The number of amides is 1. The zero-order valence-corrected chi connectivity index (χ0v) is 21.6. The normalized spacial score (nSPS) is 21.5. The van der Waals surface area contributed by atoms with E-state index in [0.29, 0.717) is 13.2 Å². The number of benzene rings is 2. The van der Waals surface area contributed by atoms with Crippen LogP contribution in [0.2, 0.25) is 18.1 Å². The van der Waals surface area contributed by atoms with Gasteiger partial charge in [-0.05, 0) is 41.4 Å². The molecule has 1 saturated heterocycles. The fraction of sp³-hybridized carbons (Fsp3) is 0.500. The molecule has 180 valence electrons. The molecule has 1 fully saturated rings. The highest BCUT2D eigenvalue weighted by Crippen LogP contribution is 2.42. The maximum atomic E-state index is 13.1. The van der Waals surface area contributed by atoms with E-state index in [1.165, 1.54) is 4.90 Å². The summed E-state index contributed by atoms with van der Waals surface area (Å²) in [6.07, 6.45) is -0.507. The Hall–Kier alpha value is -2.19. The van der Waals surface area contributed by atoms with E-state index in [1.54, 1.807) is 7.11 Å². The number of aliphatic hydroxyl groups is 1. The SMILES string of the molecule is COc1ccc(COCC2(O)[C@@H](O[Si](C)(C)C(C)(C)C)CC(=O)N2Cc2ccccc2)cc1. The van der Waals surface area contributed by atoms with Crippen LogP contribution < -0.4 is 4.74 Å². The molecule has 2 aromatic carbocycles. The number of nitrogens with zero attached hydrogens (tertiary/aromatic N) is 1. The summed E-state index contributed by atoms with van der Waals surface area (Å²) >= 11 is 0. The van der Waals surface area contributed by atoms with Crippen molar-refractivity contribution >= 4 is 14.2 Å². The molecule has 33 heavy (non-hydrogen) atoms. The molecule has 1 aliphatic rings. The molecule has 2 atom stereocenters. The van der Waals surface area contributed by atoms with Gasteiger partial charge >= 0.3 is 0 Å². The first-order chi connectivity index (χ1) is 15.5. The quantitative estimate of drug-likeness (QED) is 0.536. The van der Waals surface area contributed by atoms with Gasteiger partial charge in [0.1, 0.15) is 11.9 Å². The van der Waals surface area contributed by atoms with E-state index < -0.39 is 20.1 Å². The maximum Gasteiger partial charge on any atom is 0.228 e. The zero-order valence-electron chi connectivity index (χ0n) is 20.6. The summed E-state index contributed by atoms with van der Waals surface area (Å²) in [7, 11) is -0.605. The third kappa shape index (κ3) is 5.84. The zero-order chi connectivity index (χ0) is 24.3. The number of ether oxygens (including phenoxy) is 2. The molecule has 1 unspecified atom stereocenters. The van der Waals surface area contributed by atoms with Crippen molar-refractivity contribution in [2.75, 3.05) is 13.7 Å². The van der Waals surface area contributed by atoms with E-state index in [2.05, 4.69) is 33.9 Å². The highest BCUT2D eigenvalue weighted by atomic mass is 28.4. The molecule has 1 heterocycles. The molecule has 1 aliphatic heterocycles. The third-order valence-corrected chi connectivity index (χ3v) is 11.3. The van der Waals surface area contributed by atoms with Crippen LogP contribution >= 0.6 is 0 Å². The van der Waals surface area contributed by atoms with E-state index >= 15 is 0 Å². The van der Waals surface area contributed by atoms with Crippen LogP contribution in [0.1, 0.15) is 38.3 Å². The number of hydrogen-bond donors (Lipinski definition) is 1. The van der Waals surface area contributed by atoms with Gasteiger partial charge in [-0.2, -0.15) is 0 Å². The minimum atomic E-state index is -2.23. The summed E-state index contributed by atoms with van der Waals surface area (Å²) in [5.74, 6) is 0.647. The van der Waals surface area contributed by atoms with Crippen molar-refractivity contribution in [3.8, 4) is 5.75 Å². The van der Waals surface area contributed by atoms with Crippen molar-refractivity contribution in [2.24, 2.45) is 0 Å². The molecule has 1 N–H and O–H groups in total. The second-order valence-electron chi connectivity index (χ2n) is 10.3. The molecule has 0 radical (unpaired) electrons. The number of likely N-dealkylation sites (tertiary alicyclic amines) is 1. The monoisotopic (exact) mass is 471 g/mol. The minimum absolute atomic E-state index is 0.0309. The fourth-order valence-electron chi connectivity index (χ4n) is 3.69. The van der Waals surface area contributed by atoms with Crippen LogP contribution in [0.4, 0.5) is 0 Å². The summed E-state index contributed by atoms with van der Waals surface area (Å²) in [5.41, 5.74) is 0.363. The van der Waals surface area contributed by atoms with Crippen LogP contribution in [0.3, 0.4) is 0 Å². The highest BCUT2D eigenvalue weighted by molar-refractivity contribution is 6.74. The lowest BCUT2D eigenvalue weighted by atomic mass is 10.1. The predicted molar refractivity (Wildman–Crippen MR) is 131 cm³/mol. The van der Waals surface area contributed by atoms with Crippen molar-refractivity contribution in [3.63, 3.8) is 0 Å². The molecule has 0 aromatic heterocycles. The topological polar surface area (TPSA) is 68.2 Å². The number of hydrogen-bond acceptors (Lipinski definition) is 5. The first-order valence-corrected chi connectivity index (χ1v) is 14.3. The lowest BCUT2D eigenvalue weighted by molar-refractivity contribution is -0.184. The van der Waals surface area contributed by atoms with Gasteiger partial charge in [0.25, 0.3) is 0 Å². The largest absolute Gasteiger partial charge is 0.497 e. The molecule has 6 nitrogen and oxygen atoms in total. The molecule has 0 bridgehead atoms. The van der Waals surface area contributed by atoms with Gasteiger partial charge in [-0.3, -0.25) is 4.79 Å². The van der Waals surface area contributed by atoms with Gasteiger partial charge in [0.2, 0.25) is 5.91 Å². The first-order valence-electron chi connectivity index (χ1n) is 11.4. The van der Waals surface area contributed by atoms with Crippen LogP contribution in [0, 0.1) is 0 Å². The van der Waals surface area contributed by atoms with Gasteiger partial charge in [0, 0.05) is 6.54 Å². The van der Waals surface area contributed by atoms with Crippen molar-refractivity contribution in [1.82, 2.24) is 4.90 Å². The van der Waals surface area contributed by atoms with E-state index in [4.69, 9.17) is 13.9 Å². The molecule has 0 saturated carbocycles. The Bertz CT molecular complexity index is 926. The average molecular weight is 472 g/mol. The van der Waals surface area contributed by atoms with Crippen LogP contribution in [-0.2, 0) is 27.1 Å². The maximum absolute atomic E-state index is 13.1. The Morgan fingerprint density at radius 2 is 1.70 bits per heavy atom. The van der Waals surface area contributed by atoms with Gasteiger partial charge in [-0.25, -0.2) is 0 Å². The molecule has 7 heteroatoms. The number of carbonyl (C=O) groups is 1. The Kier molecular flexibility index (Phi) is 7.68. The highest BCUT2D eigenvalue weighted by Gasteiger charge is 2.55. The second-order valence-corrected chi connectivity index (χ2v) is 15.0. The van der Waals surface area contributed by atoms with E-state index in [0.717, 1.165) is 16.9 Å². The van der Waals surface area contributed by atoms with Crippen LogP contribution in [0.5, 0.6) is 5.75 Å². The Labute approximate surface area is 198 Å². The standard InChI is InChI=1S/C26H37NO5Si/c1-25(2,3)33(5,6)32-23-16-24(28)27(17-20-10-8-7-9-11-20)26(23,29)19-31-18-21-12-14-22(30-4)15-13-21/h7-15,23,29H,16-19H2,1-6H3/t23-,26?/m0/s1. The molecule has 0 spiro atoms. The van der Waals surface area contributed by atoms with Crippen LogP contribution in [0.25, 0.3) is 0 Å². The number of rotatable bonds is 9. The Balaban J connectivity index is 1.81. The fourth-order valence-corrected chi connectivity index (χ4v) is 5.03. The van der Waals surface area contributed by atoms with Gasteiger partial charge in [-0.15, -0.1) is 0 Å². The van der Waals surface area contributed by atoms with E-state index in [1.807, 2.05) is 54.6 Å². The Morgan fingerprint density at radius 1 is 1.06 bits per heavy atom. The minimum Gasteiger partial charge on any atom is -0.497 e. The first kappa shape index (κ1) is 25.4. The van der Waals surface area contributed by atoms with E-state index in [9.17, 15) is 9.90 Å². The summed E-state index contributed by atoms with van der Waals surface area (Å²) in [5, 5.41) is 11.8. The molecule has 1 amide bonds. The van der Waals surface area contributed by atoms with Gasteiger partial charge in [-0.1, -0.05) is 63.2 Å². The summed E-state index contributed by atoms with van der Waals surface area (Å²) in [4.78, 5) is 14.6. The van der Waals surface area contributed by atoms with Crippen LogP contribution in [-0.4, -0.2) is 49.8 Å². The average Bonchev–Trinajstić information content (AvgIpc) is 2.98. The van der Waals surface area contributed by atoms with Crippen LogP contribution in [0.15, 0.2) is 54.6 Å². The summed E-state index contributed by atoms with van der Waals surface area (Å²) < 4.78 is 17.8. The van der Waals surface area contributed by atoms with Crippen molar-refractivity contribution in [2.45, 2.75) is 70.3 Å². The molecule has 2 aromatic rings. The predicted octanol–water partition coefficient (Wildman–Crippen LogP) is 4.72. The summed E-state index contributed by atoms with van der Waals surface area (Å²) in [6, 6.07) is 17.3. The molecule has 0 aliphatic carbocycles. The number of methoxy groups -OCH3 is 1. The van der Waals surface area contributed by atoms with E-state index in [-0.39, 0.29) is 24.0 Å². The van der Waals surface area contributed by atoms with Crippen molar-refractivity contribution < 1.29 is 23.8 Å². The number of carbonyl (C=O) groups excluding carboxylic acids is 1. The van der Waals surface area contributed by atoms with Gasteiger partial charge < -0.3 is 23.9 Å². The van der Waals surface area contributed by atoms with Gasteiger partial charge in [0.15, 0.2) is 14.0 Å². The Morgan fingerprint density at radius 3 is 2.27 bits per heavy atom. The molecular formula is C26H37NO5Si. The molecule has 3 rings (SSSR count). The molecular weight excluding hydrogens is 434 g/mol. The van der Waals surface area contributed by atoms with Crippen molar-refractivity contribution in [1.29, 1.82) is 0 Å². The lowest BCUT2D eigenvalue weighted by Gasteiger charge is -2.43. The lowest BCUT2D eigenvalue weighted by Crippen LogP contribution is -2.58. The second kappa shape index (κ2) is 9.97. The van der Waals surface area contributed by atoms with Gasteiger partial charge in [0.05, 0.1) is 26.7 Å². The van der Waals surface area contributed by atoms with Crippen molar-refractivity contribution in [3.05, 3.63) is 65.7 Å². The third-order valence-electron chi connectivity index (χ3n) is 6.81. The smallest absolute Gasteiger partial charge is 0.228 e. The summed E-state index contributed by atoms with van der Waals surface area (Å²) in [6.45, 7) is 11.3.